The summed E-state index contributed by atoms with van der Waals surface area (Å²) in [5.41, 5.74) is 0.421. The number of amides is 1. The van der Waals surface area contributed by atoms with Crippen LogP contribution in [-0.4, -0.2) is 64.4 Å². The maximum atomic E-state index is 12.7. The molecule has 1 saturated carbocycles. The van der Waals surface area contributed by atoms with Crippen molar-refractivity contribution in [3.63, 3.8) is 0 Å². The molecule has 1 aliphatic rings. The molecule has 0 bridgehead atoms. The zero-order valence-electron chi connectivity index (χ0n) is 19.4. The molecular weight excluding hydrogens is 394 g/mol. The minimum absolute atomic E-state index is 0.170. The number of aliphatic hydroxyl groups excluding tert-OH is 1. The minimum Gasteiger partial charge on any atom is -0.444 e. The standard InChI is InChI=1S/C23H39N5O3/c1-5-25-21(27-19-9-11-20(29)12-10-19)26-14-7-15-28(22(30)31-23(2,3)4)17-18-8-6-13-24-16-18/h6,8,13,16,19-20,29H,5,7,9-12,14-15,17H2,1-4H3,(H2,25,26,27). The monoisotopic (exact) mass is 433 g/mol. The average Bonchev–Trinajstić information content (AvgIpc) is 2.71. The number of carbonyl (C=O) groups is 1. The molecule has 174 valence electrons. The van der Waals surface area contributed by atoms with E-state index in [-0.39, 0.29) is 12.2 Å². The summed E-state index contributed by atoms with van der Waals surface area (Å²) in [5, 5.41) is 16.5. The first-order valence-corrected chi connectivity index (χ1v) is 11.4. The third-order valence-corrected chi connectivity index (χ3v) is 4.99. The van der Waals surface area contributed by atoms with Crippen LogP contribution in [0.5, 0.6) is 0 Å². The second-order valence-electron chi connectivity index (χ2n) is 9.03. The van der Waals surface area contributed by atoms with Gasteiger partial charge in [0.25, 0.3) is 0 Å². The Labute approximate surface area is 186 Å². The summed E-state index contributed by atoms with van der Waals surface area (Å²) in [7, 11) is 0. The number of nitrogens with one attached hydrogen (secondary N) is 2. The van der Waals surface area contributed by atoms with Crippen LogP contribution in [0.3, 0.4) is 0 Å². The normalized spacial score (nSPS) is 19.6. The van der Waals surface area contributed by atoms with Gasteiger partial charge in [0, 0.05) is 38.1 Å². The third kappa shape index (κ3) is 10.0. The maximum Gasteiger partial charge on any atom is 0.410 e. The predicted octanol–water partition coefficient (Wildman–Crippen LogP) is 3.07. The van der Waals surface area contributed by atoms with Crippen molar-refractivity contribution in [1.82, 2.24) is 20.5 Å². The van der Waals surface area contributed by atoms with Crippen molar-refractivity contribution in [1.29, 1.82) is 0 Å². The number of guanidine groups is 1. The van der Waals surface area contributed by atoms with Crippen LogP contribution in [0, 0.1) is 0 Å². The van der Waals surface area contributed by atoms with E-state index in [0.29, 0.717) is 25.7 Å². The first-order valence-electron chi connectivity index (χ1n) is 11.4. The summed E-state index contributed by atoms with van der Waals surface area (Å²) < 4.78 is 5.58. The highest BCUT2D eigenvalue weighted by Gasteiger charge is 2.22. The number of aromatic nitrogens is 1. The van der Waals surface area contributed by atoms with Crippen molar-refractivity contribution in [2.24, 2.45) is 4.99 Å². The Balaban J connectivity index is 1.91. The second-order valence-corrected chi connectivity index (χ2v) is 9.03. The molecule has 2 rings (SSSR count). The van der Waals surface area contributed by atoms with Gasteiger partial charge in [-0.3, -0.25) is 9.98 Å². The smallest absolute Gasteiger partial charge is 0.410 e. The Morgan fingerprint density at radius 3 is 2.68 bits per heavy atom. The lowest BCUT2D eigenvalue weighted by Gasteiger charge is -2.28. The van der Waals surface area contributed by atoms with E-state index in [9.17, 15) is 9.90 Å². The lowest BCUT2D eigenvalue weighted by molar-refractivity contribution is 0.0232. The van der Waals surface area contributed by atoms with Gasteiger partial charge in [0.05, 0.1) is 12.6 Å². The van der Waals surface area contributed by atoms with Crippen molar-refractivity contribution >= 4 is 12.1 Å². The Kier molecular flexibility index (Phi) is 10.0. The van der Waals surface area contributed by atoms with Crippen molar-refractivity contribution in [2.45, 2.75) is 84.1 Å². The predicted molar refractivity (Wildman–Crippen MR) is 123 cm³/mol. The topological polar surface area (TPSA) is 99.1 Å². The van der Waals surface area contributed by atoms with Gasteiger partial charge >= 0.3 is 6.09 Å². The average molecular weight is 434 g/mol. The summed E-state index contributed by atoms with van der Waals surface area (Å²) in [6, 6.07) is 4.16. The van der Waals surface area contributed by atoms with Crippen molar-refractivity contribution in [2.75, 3.05) is 19.6 Å². The van der Waals surface area contributed by atoms with E-state index in [1.54, 1.807) is 17.3 Å². The Morgan fingerprint density at radius 1 is 1.32 bits per heavy atom. The van der Waals surface area contributed by atoms with Crippen LogP contribution in [0.4, 0.5) is 4.79 Å². The number of carbonyl (C=O) groups excluding carboxylic acids is 1. The van der Waals surface area contributed by atoms with E-state index in [0.717, 1.165) is 50.2 Å². The highest BCUT2D eigenvalue weighted by molar-refractivity contribution is 5.80. The first-order chi connectivity index (χ1) is 14.8. The van der Waals surface area contributed by atoms with Gasteiger partial charge in [0.1, 0.15) is 5.60 Å². The molecule has 0 spiro atoms. The van der Waals surface area contributed by atoms with Crippen LogP contribution in [0.1, 0.15) is 65.4 Å². The van der Waals surface area contributed by atoms with E-state index in [1.165, 1.54) is 0 Å². The fourth-order valence-corrected chi connectivity index (χ4v) is 3.46. The number of pyridine rings is 1. The van der Waals surface area contributed by atoms with Crippen molar-refractivity contribution in [3.8, 4) is 0 Å². The molecule has 1 aliphatic carbocycles. The molecule has 1 aromatic rings. The van der Waals surface area contributed by atoms with Gasteiger partial charge in [-0.2, -0.15) is 0 Å². The quantitative estimate of drug-likeness (QED) is 0.331. The van der Waals surface area contributed by atoms with Crippen LogP contribution < -0.4 is 10.6 Å². The SMILES string of the molecule is CCNC(=NCCCN(Cc1cccnc1)C(=O)OC(C)(C)C)NC1CCC(O)CC1. The highest BCUT2D eigenvalue weighted by atomic mass is 16.6. The van der Waals surface area contributed by atoms with Gasteiger partial charge in [0.2, 0.25) is 0 Å². The Hall–Kier alpha value is -2.35. The molecule has 1 fully saturated rings. The van der Waals surface area contributed by atoms with Crippen LogP contribution in [0.2, 0.25) is 0 Å². The molecular formula is C23H39N5O3. The molecule has 0 atom stereocenters. The summed E-state index contributed by atoms with van der Waals surface area (Å²) in [4.78, 5) is 23.2. The molecule has 3 N–H and O–H groups in total. The number of aliphatic hydroxyl groups is 1. The molecule has 0 saturated heterocycles. The van der Waals surface area contributed by atoms with Crippen LogP contribution in [-0.2, 0) is 11.3 Å². The largest absolute Gasteiger partial charge is 0.444 e. The molecule has 1 heterocycles. The number of aliphatic imine (C=N–C) groups is 1. The lowest BCUT2D eigenvalue weighted by atomic mass is 9.93. The summed E-state index contributed by atoms with van der Waals surface area (Å²) in [5.74, 6) is 0.792. The molecule has 8 heteroatoms. The molecule has 0 aromatic carbocycles. The summed E-state index contributed by atoms with van der Waals surface area (Å²) >= 11 is 0. The minimum atomic E-state index is -0.544. The second kappa shape index (κ2) is 12.5. The highest BCUT2D eigenvalue weighted by Crippen LogP contribution is 2.18. The van der Waals surface area contributed by atoms with Gasteiger partial charge in [-0.05, 0) is 71.4 Å². The zero-order chi connectivity index (χ0) is 22.7. The van der Waals surface area contributed by atoms with Gasteiger partial charge < -0.3 is 25.4 Å². The van der Waals surface area contributed by atoms with Gasteiger partial charge in [-0.15, -0.1) is 0 Å². The van der Waals surface area contributed by atoms with Gasteiger partial charge in [-0.25, -0.2) is 4.79 Å². The number of hydrogen-bond donors (Lipinski definition) is 3. The molecule has 1 aromatic heterocycles. The molecule has 0 unspecified atom stereocenters. The molecule has 31 heavy (non-hydrogen) atoms. The fourth-order valence-electron chi connectivity index (χ4n) is 3.46. The van der Waals surface area contributed by atoms with E-state index in [4.69, 9.17) is 4.74 Å². The lowest BCUT2D eigenvalue weighted by Crippen LogP contribution is -2.45. The van der Waals surface area contributed by atoms with E-state index in [1.807, 2.05) is 39.8 Å². The van der Waals surface area contributed by atoms with Crippen LogP contribution in [0.25, 0.3) is 0 Å². The van der Waals surface area contributed by atoms with Crippen LogP contribution in [0.15, 0.2) is 29.5 Å². The molecule has 8 nitrogen and oxygen atoms in total. The van der Waals surface area contributed by atoms with Gasteiger partial charge in [0.15, 0.2) is 5.96 Å². The summed E-state index contributed by atoms with van der Waals surface area (Å²) in [6.45, 7) is 10.0. The number of nitrogens with zero attached hydrogens (tertiary/aromatic N) is 3. The number of rotatable bonds is 8. The Bertz CT molecular complexity index is 682. The Morgan fingerprint density at radius 2 is 2.06 bits per heavy atom. The molecule has 1 amide bonds. The van der Waals surface area contributed by atoms with Crippen LogP contribution >= 0.6 is 0 Å². The van der Waals surface area contributed by atoms with E-state index >= 15 is 0 Å². The zero-order valence-corrected chi connectivity index (χ0v) is 19.4. The third-order valence-electron chi connectivity index (χ3n) is 4.99. The molecule has 0 radical (unpaired) electrons. The van der Waals surface area contributed by atoms with E-state index in [2.05, 4.69) is 20.6 Å². The van der Waals surface area contributed by atoms with Crippen molar-refractivity contribution in [3.05, 3.63) is 30.1 Å². The summed E-state index contributed by atoms with van der Waals surface area (Å²) in [6.07, 6.45) is 7.27. The number of ether oxygens (including phenoxy) is 1. The first kappa shape index (κ1) is 24.9. The van der Waals surface area contributed by atoms with Crippen molar-refractivity contribution < 1.29 is 14.6 Å². The number of hydrogen-bond acceptors (Lipinski definition) is 5. The van der Waals surface area contributed by atoms with E-state index < -0.39 is 5.60 Å². The maximum absolute atomic E-state index is 12.7. The van der Waals surface area contributed by atoms with Gasteiger partial charge in [-0.1, -0.05) is 6.07 Å². The fraction of sp³-hybridized carbons (Fsp3) is 0.696. The molecule has 0 aliphatic heterocycles.